The summed E-state index contributed by atoms with van der Waals surface area (Å²) < 4.78 is 27.1. The van der Waals surface area contributed by atoms with Gasteiger partial charge in [-0.05, 0) is 35.9 Å². The van der Waals surface area contributed by atoms with E-state index in [0.29, 0.717) is 11.0 Å². The van der Waals surface area contributed by atoms with Gasteiger partial charge in [0.15, 0.2) is 0 Å². The highest BCUT2D eigenvalue weighted by Crippen LogP contribution is 2.19. The van der Waals surface area contributed by atoms with Crippen molar-refractivity contribution in [1.82, 2.24) is 5.32 Å². The number of hydrogen-bond donors (Lipinski definition) is 2. The number of aromatic carboxylic acids is 1. The van der Waals surface area contributed by atoms with Crippen LogP contribution in [-0.4, -0.2) is 11.1 Å². The highest BCUT2D eigenvalue weighted by atomic mass is 79.9. The standard InChI is InChI=1S/C15H12BrF2NO2/c16-13-6-9(15(20)21)1-2-10(13)7-19-8-11-5-12(17)3-4-14(11)18/h1-6,19H,7-8H2,(H,20,21). The Labute approximate surface area is 128 Å². The van der Waals surface area contributed by atoms with Gasteiger partial charge in [-0.15, -0.1) is 0 Å². The first kappa shape index (κ1) is 15.6. The van der Waals surface area contributed by atoms with Gasteiger partial charge in [0.1, 0.15) is 11.6 Å². The molecule has 0 aliphatic rings. The molecule has 0 atom stereocenters. The molecule has 6 heteroatoms. The smallest absolute Gasteiger partial charge is 0.335 e. The fraction of sp³-hybridized carbons (Fsp3) is 0.133. The lowest BCUT2D eigenvalue weighted by atomic mass is 10.1. The van der Waals surface area contributed by atoms with Gasteiger partial charge in [0.05, 0.1) is 5.56 Å². The van der Waals surface area contributed by atoms with E-state index in [0.717, 1.165) is 23.8 Å². The van der Waals surface area contributed by atoms with Gasteiger partial charge in [0.25, 0.3) is 0 Å². The summed E-state index contributed by atoms with van der Waals surface area (Å²) in [7, 11) is 0. The molecule has 2 aromatic carbocycles. The molecular formula is C15H12BrF2NO2. The van der Waals surface area contributed by atoms with E-state index in [2.05, 4.69) is 21.2 Å². The van der Waals surface area contributed by atoms with Crippen LogP contribution in [0.15, 0.2) is 40.9 Å². The lowest BCUT2D eigenvalue weighted by Gasteiger charge is -2.08. The maximum Gasteiger partial charge on any atom is 0.335 e. The summed E-state index contributed by atoms with van der Waals surface area (Å²) in [5.74, 6) is -1.96. The van der Waals surface area contributed by atoms with Crippen LogP contribution in [0.5, 0.6) is 0 Å². The molecule has 0 bridgehead atoms. The molecule has 21 heavy (non-hydrogen) atoms. The van der Waals surface area contributed by atoms with Crippen molar-refractivity contribution in [3.8, 4) is 0 Å². The molecule has 0 aromatic heterocycles. The van der Waals surface area contributed by atoms with Gasteiger partial charge >= 0.3 is 5.97 Å². The summed E-state index contributed by atoms with van der Waals surface area (Å²) in [6.07, 6.45) is 0. The lowest BCUT2D eigenvalue weighted by Crippen LogP contribution is -2.14. The topological polar surface area (TPSA) is 49.3 Å². The van der Waals surface area contributed by atoms with Crippen molar-refractivity contribution in [3.05, 3.63) is 69.2 Å². The van der Waals surface area contributed by atoms with Crippen molar-refractivity contribution in [2.24, 2.45) is 0 Å². The normalized spacial score (nSPS) is 10.6. The molecular weight excluding hydrogens is 344 g/mol. The molecule has 0 aliphatic carbocycles. The Bertz CT molecular complexity index is 677. The molecule has 2 N–H and O–H groups in total. The third-order valence-corrected chi connectivity index (χ3v) is 3.68. The van der Waals surface area contributed by atoms with Gasteiger partial charge < -0.3 is 10.4 Å². The van der Waals surface area contributed by atoms with Gasteiger partial charge in [-0.25, -0.2) is 13.6 Å². The summed E-state index contributed by atoms with van der Waals surface area (Å²) in [6, 6.07) is 7.96. The van der Waals surface area contributed by atoms with Crippen LogP contribution in [0.2, 0.25) is 0 Å². The maximum absolute atomic E-state index is 13.4. The van der Waals surface area contributed by atoms with E-state index >= 15 is 0 Å². The second-order valence-corrected chi connectivity index (χ2v) is 5.30. The van der Waals surface area contributed by atoms with Crippen molar-refractivity contribution in [3.63, 3.8) is 0 Å². The highest BCUT2D eigenvalue weighted by molar-refractivity contribution is 9.10. The molecule has 0 radical (unpaired) electrons. The summed E-state index contributed by atoms with van der Waals surface area (Å²) in [5, 5.41) is 11.9. The molecule has 2 rings (SSSR count). The molecule has 2 aromatic rings. The zero-order valence-electron chi connectivity index (χ0n) is 10.9. The first-order chi connectivity index (χ1) is 9.97. The minimum Gasteiger partial charge on any atom is -0.478 e. The number of halogens is 3. The predicted molar refractivity (Wildman–Crippen MR) is 78.0 cm³/mol. The molecule has 0 fully saturated rings. The van der Waals surface area contributed by atoms with Crippen LogP contribution < -0.4 is 5.32 Å². The number of carbonyl (C=O) groups is 1. The molecule has 0 saturated heterocycles. The minimum atomic E-state index is -1.00. The largest absolute Gasteiger partial charge is 0.478 e. The van der Waals surface area contributed by atoms with E-state index < -0.39 is 17.6 Å². The second kappa shape index (κ2) is 6.78. The Morgan fingerprint density at radius 2 is 1.81 bits per heavy atom. The van der Waals surface area contributed by atoms with Crippen LogP contribution in [-0.2, 0) is 13.1 Å². The Morgan fingerprint density at radius 1 is 1.10 bits per heavy atom. The van der Waals surface area contributed by atoms with Crippen molar-refractivity contribution >= 4 is 21.9 Å². The third kappa shape index (κ3) is 4.09. The predicted octanol–water partition coefficient (Wildman–Crippen LogP) is 3.72. The number of hydrogen-bond acceptors (Lipinski definition) is 2. The minimum absolute atomic E-state index is 0.177. The average molecular weight is 356 g/mol. The fourth-order valence-electron chi connectivity index (χ4n) is 1.83. The van der Waals surface area contributed by atoms with Crippen LogP contribution in [0.25, 0.3) is 0 Å². The molecule has 0 heterocycles. The van der Waals surface area contributed by atoms with E-state index in [4.69, 9.17) is 5.11 Å². The Kier molecular flexibility index (Phi) is 5.03. The number of carboxylic acids is 1. The van der Waals surface area contributed by atoms with E-state index in [9.17, 15) is 13.6 Å². The van der Waals surface area contributed by atoms with Gasteiger partial charge in [0, 0.05) is 23.1 Å². The number of rotatable bonds is 5. The van der Waals surface area contributed by atoms with Gasteiger partial charge in [-0.3, -0.25) is 0 Å². The highest BCUT2D eigenvalue weighted by Gasteiger charge is 2.07. The van der Waals surface area contributed by atoms with Crippen molar-refractivity contribution in [2.75, 3.05) is 0 Å². The molecule has 0 unspecified atom stereocenters. The van der Waals surface area contributed by atoms with Gasteiger partial charge in [-0.1, -0.05) is 22.0 Å². The molecule has 110 valence electrons. The van der Waals surface area contributed by atoms with E-state index in [1.165, 1.54) is 12.1 Å². The summed E-state index contributed by atoms with van der Waals surface area (Å²) in [4.78, 5) is 10.8. The Morgan fingerprint density at radius 3 is 2.48 bits per heavy atom. The summed E-state index contributed by atoms with van der Waals surface area (Å²) in [6.45, 7) is 0.577. The Hall–Kier alpha value is -1.79. The summed E-state index contributed by atoms with van der Waals surface area (Å²) >= 11 is 3.29. The fourth-order valence-corrected chi connectivity index (χ4v) is 2.35. The van der Waals surface area contributed by atoms with Crippen LogP contribution >= 0.6 is 15.9 Å². The first-order valence-electron chi connectivity index (χ1n) is 6.13. The molecule has 0 aliphatic heterocycles. The van der Waals surface area contributed by atoms with Crippen LogP contribution in [0.3, 0.4) is 0 Å². The molecule has 0 amide bonds. The Balaban J connectivity index is 2.00. The summed E-state index contributed by atoms with van der Waals surface area (Å²) in [5.41, 5.74) is 1.26. The zero-order valence-corrected chi connectivity index (χ0v) is 12.5. The lowest BCUT2D eigenvalue weighted by molar-refractivity contribution is 0.0697. The van der Waals surface area contributed by atoms with Gasteiger partial charge in [0.2, 0.25) is 0 Å². The van der Waals surface area contributed by atoms with Crippen molar-refractivity contribution in [2.45, 2.75) is 13.1 Å². The second-order valence-electron chi connectivity index (χ2n) is 4.45. The first-order valence-corrected chi connectivity index (χ1v) is 6.93. The van der Waals surface area contributed by atoms with E-state index in [1.54, 1.807) is 6.07 Å². The third-order valence-electron chi connectivity index (χ3n) is 2.94. The number of carboxylic acid groups (broad SMARTS) is 1. The van der Waals surface area contributed by atoms with Crippen LogP contribution in [0, 0.1) is 11.6 Å². The number of benzene rings is 2. The average Bonchev–Trinajstić information content (AvgIpc) is 2.44. The molecule has 0 saturated carbocycles. The zero-order chi connectivity index (χ0) is 15.4. The number of nitrogens with one attached hydrogen (secondary N) is 1. The monoisotopic (exact) mass is 355 g/mol. The van der Waals surface area contributed by atoms with Crippen molar-refractivity contribution in [1.29, 1.82) is 0 Å². The van der Waals surface area contributed by atoms with E-state index in [-0.39, 0.29) is 17.7 Å². The van der Waals surface area contributed by atoms with Crippen LogP contribution in [0.4, 0.5) is 8.78 Å². The quantitative estimate of drug-likeness (QED) is 0.859. The molecule has 0 spiro atoms. The van der Waals surface area contributed by atoms with E-state index in [1.807, 2.05) is 0 Å². The van der Waals surface area contributed by atoms with Gasteiger partial charge in [-0.2, -0.15) is 0 Å². The molecule has 3 nitrogen and oxygen atoms in total. The van der Waals surface area contributed by atoms with Crippen molar-refractivity contribution < 1.29 is 18.7 Å². The SMILES string of the molecule is O=C(O)c1ccc(CNCc2cc(F)ccc2F)c(Br)c1. The maximum atomic E-state index is 13.4. The van der Waals surface area contributed by atoms with Crippen LogP contribution in [0.1, 0.15) is 21.5 Å².